The van der Waals surface area contributed by atoms with Crippen molar-refractivity contribution in [3.8, 4) is 0 Å². The number of benzene rings is 1. The number of fused-ring (bicyclic) bond motifs is 1. The van der Waals surface area contributed by atoms with Gasteiger partial charge in [0.2, 0.25) is 5.91 Å². The molecule has 0 aliphatic carbocycles. The molecule has 1 fully saturated rings. The number of ether oxygens (including phenoxy) is 1. The predicted octanol–water partition coefficient (Wildman–Crippen LogP) is 0.696. The van der Waals surface area contributed by atoms with Gasteiger partial charge in [0.05, 0.1) is 18.4 Å². The molecule has 2 amide bonds. The van der Waals surface area contributed by atoms with Crippen LogP contribution >= 0.6 is 0 Å². The van der Waals surface area contributed by atoms with Crippen LogP contribution < -0.4 is 10.3 Å². The summed E-state index contributed by atoms with van der Waals surface area (Å²) < 4.78 is 43.9. The number of rotatable bonds is 2. The molecule has 1 N–H and O–H groups in total. The number of hydrogen-bond donors (Lipinski definition) is 1. The Kier molecular flexibility index (Phi) is 3.54. The summed E-state index contributed by atoms with van der Waals surface area (Å²) in [7, 11) is 1.07. The summed E-state index contributed by atoms with van der Waals surface area (Å²) in [6.07, 6.45) is -4.75. The Hall–Kier alpha value is -2.91. The van der Waals surface area contributed by atoms with Crippen LogP contribution in [0.1, 0.15) is 5.56 Å². The number of alkyl halides is 3. The first-order chi connectivity index (χ1) is 11.3. The van der Waals surface area contributed by atoms with Crippen LogP contribution in [0.2, 0.25) is 0 Å². The highest BCUT2D eigenvalue weighted by Crippen LogP contribution is 2.39. The average Bonchev–Trinajstić information content (AvgIpc) is 3.07. The highest BCUT2D eigenvalue weighted by molar-refractivity contribution is 6.46. The number of hydrazone groups is 1. The molecule has 2 heterocycles. The van der Waals surface area contributed by atoms with Crippen molar-refractivity contribution in [3.63, 3.8) is 0 Å². The molecule has 24 heavy (non-hydrogen) atoms. The van der Waals surface area contributed by atoms with Gasteiger partial charge in [-0.1, -0.05) is 12.1 Å². The first-order valence-electron chi connectivity index (χ1n) is 6.73. The van der Waals surface area contributed by atoms with Crippen molar-refractivity contribution in [2.24, 2.45) is 11.0 Å². The Bertz CT molecular complexity index is 775. The third-order valence-corrected chi connectivity index (χ3v) is 3.77. The molecule has 7 nitrogen and oxygen atoms in total. The minimum absolute atomic E-state index is 0.340. The summed E-state index contributed by atoms with van der Waals surface area (Å²) >= 11 is 0. The first kappa shape index (κ1) is 16.0. The number of esters is 1. The van der Waals surface area contributed by atoms with Crippen molar-refractivity contribution in [1.29, 1.82) is 0 Å². The summed E-state index contributed by atoms with van der Waals surface area (Å²) in [5.74, 6) is -4.12. The maximum atomic E-state index is 13.1. The van der Waals surface area contributed by atoms with Gasteiger partial charge < -0.3 is 4.74 Å². The van der Waals surface area contributed by atoms with E-state index in [2.05, 4.69) is 15.3 Å². The lowest BCUT2D eigenvalue weighted by Gasteiger charge is -2.20. The zero-order valence-electron chi connectivity index (χ0n) is 12.1. The number of nitrogens with one attached hydrogen (secondary N) is 1. The Balaban J connectivity index is 2.04. The third kappa shape index (κ3) is 2.22. The van der Waals surface area contributed by atoms with E-state index in [0.717, 1.165) is 25.3 Å². The van der Waals surface area contributed by atoms with E-state index >= 15 is 0 Å². The lowest BCUT2D eigenvalue weighted by molar-refractivity contribution is -0.137. The van der Waals surface area contributed by atoms with Crippen molar-refractivity contribution in [2.75, 3.05) is 12.0 Å². The topological polar surface area (TPSA) is 88.1 Å². The lowest BCUT2D eigenvalue weighted by Crippen LogP contribution is -2.37. The Morgan fingerprint density at radius 1 is 1.25 bits per heavy atom. The van der Waals surface area contributed by atoms with Gasteiger partial charge in [-0.25, -0.2) is 9.69 Å². The number of methoxy groups -OCH3 is 1. The molecule has 0 aromatic heterocycles. The van der Waals surface area contributed by atoms with Crippen molar-refractivity contribution in [2.45, 2.75) is 12.2 Å². The largest absolute Gasteiger partial charge is 0.464 e. The van der Waals surface area contributed by atoms with Crippen molar-refractivity contribution in [3.05, 3.63) is 29.8 Å². The van der Waals surface area contributed by atoms with Gasteiger partial charge >= 0.3 is 12.1 Å². The Labute approximate surface area is 133 Å². The summed E-state index contributed by atoms with van der Waals surface area (Å²) in [5.41, 5.74) is 0.271. The van der Waals surface area contributed by atoms with E-state index < -0.39 is 47.2 Å². The zero-order chi connectivity index (χ0) is 17.6. The van der Waals surface area contributed by atoms with Crippen LogP contribution in [0.3, 0.4) is 0 Å². The molecule has 2 atom stereocenters. The van der Waals surface area contributed by atoms with Crippen LogP contribution in [0.4, 0.5) is 18.9 Å². The molecule has 3 rings (SSSR count). The molecule has 1 aromatic rings. The van der Waals surface area contributed by atoms with E-state index in [1.165, 1.54) is 6.07 Å². The molecule has 0 bridgehead atoms. The molecule has 2 aliphatic heterocycles. The average molecular weight is 341 g/mol. The number of amides is 2. The minimum Gasteiger partial charge on any atom is -0.464 e. The van der Waals surface area contributed by atoms with Gasteiger partial charge in [0, 0.05) is 0 Å². The number of imide groups is 1. The second-order valence-electron chi connectivity index (χ2n) is 5.10. The number of carbonyl (C=O) groups excluding carboxylic acids is 3. The second-order valence-corrected chi connectivity index (χ2v) is 5.10. The Morgan fingerprint density at radius 3 is 2.54 bits per heavy atom. The molecule has 2 unspecified atom stereocenters. The monoisotopic (exact) mass is 341 g/mol. The van der Waals surface area contributed by atoms with Gasteiger partial charge in [0.1, 0.15) is 12.0 Å². The molecule has 0 radical (unpaired) electrons. The van der Waals surface area contributed by atoms with Gasteiger partial charge in [-0.05, 0) is 12.1 Å². The molecule has 0 spiro atoms. The van der Waals surface area contributed by atoms with E-state index in [4.69, 9.17) is 0 Å². The number of carbonyl (C=O) groups is 3. The fraction of sp³-hybridized carbons (Fsp3) is 0.286. The highest BCUT2D eigenvalue weighted by atomic mass is 19.4. The fourth-order valence-corrected chi connectivity index (χ4v) is 2.71. The standard InChI is InChI=1S/C14H10F3N3O4/c1-24-13(23)10-8-9(18-19-10)12(22)20(11(8)21)7-5-3-2-4-6(7)14(15,16)17/h2-5,8-9,18H,1H3. The van der Waals surface area contributed by atoms with E-state index in [1.807, 2.05) is 0 Å². The summed E-state index contributed by atoms with van der Waals surface area (Å²) in [6, 6.07) is 2.99. The van der Waals surface area contributed by atoms with Crippen LogP contribution in [0.15, 0.2) is 29.4 Å². The van der Waals surface area contributed by atoms with Crippen LogP contribution in [0.25, 0.3) is 0 Å². The molecule has 126 valence electrons. The minimum atomic E-state index is -4.75. The second kappa shape index (κ2) is 5.32. The summed E-state index contributed by atoms with van der Waals surface area (Å²) in [4.78, 5) is 37.0. The van der Waals surface area contributed by atoms with Gasteiger partial charge in [-0.2, -0.15) is 18.3 Å². The summed E-state index contributed by atoms with van der Waals surface area (Å²) in [6.45, 7) is 0. The first-order valence-corrected chi connectivity index (χ1v) is 6.73. The molecule has 2 aliphatic rings. The zero-order valence-corrected chi connectivity index (χ0v) is 12.1. The quantitative estimate of drug-likeness (QED) is 0.632. The fourth-order valence-electron chi connectivity index (χ4n) is 2.71. The van der Waals surface area contributed by atoms with Crippen LogP contribution in [0, 0.1) is 5.92 Å². The van der Waals surface area contributed by atoms with Crippen LogP contribution in [0.5, 0.6) is 0 Å². The predicted molar refractivity (Wildman–Crippen MR) is 73.8 cm³/mol. The third-order valence-electron chi connectivity index (χ3n) is 3.77. The molecular weight excluding hydrogens is 331 g/mol. The van der Waals surface area contributed by atoms with Gasteiger partial charge in [-0.3, -0.25) is 15.0 Å². The maximum Gasteiger partial charge on any atom is 0.418 e. The van der Waals surface area contributed by atoms with Gasteiger partial charge in [-0.15, -0.1) is 0 Å². The van der Waals surface area contributed by atoms with Crippen molar-refractivity contribution < 1.29 is 32.3 Å². The maximum absolute atomic E-state index is 13.1. The van der Waals surface area contributed by atoms with E-state index in [-0.39, 0.29) is 5.71 Å². The molecule has 0 saturated carbocycles. The normalized spacial score (nSPS) is 23.0. The molecule has 10 heteroatoms. The van der Waals surface area contributed by atoms with Crippen molar-refractivity contribution in [1.82, 2.24) is 5.43 Å². The molecular formula is C14H10F3N3O4. The van der Waals surface area contributed by atoms with E-state index in [9.17, 15) is 27.6 Å². The van der Waals surface area contributed by atoms with Crippen LogP contribution in [-0.4, -0.2) is 36.6 Å². The smallest absolute Gasteiger partial charge is 0.418 e. The highest BCUT2D eigenvalue weighted by Gasteiger charge is 2.56. The summed E-state index contributed by atoms with van der Waals surface area (Å²) in [5, 5.41) is 3.59. The number of hydrogen-bond acceptors (Lipinski definition) is 6. The van der Waals surface area contributed by atoms with Crippen LogP contribution in [-0.2, 0) is 25.3 Å². The van der Waals surface area contributed by atoms with E-state index in [1.54, 1.807) is 0 Å². The molecule has 1 saturated heterocycles. The van der Waals surface area contributed by atoms with Crippen molar-refractivity contribution >= 4 is 29.2 Å². The van der Waals surface area contributed by atoms with E-state index in [0.29, 0.717) is 4.90 Å². The lowest BCUT2D eigenvalue weighted by atomic mass is 9.99. The number of halogens is 3. The SMILES string of the molecule is COC(=O)C1=NNC2C(=O)N(c3ccccc3C(F)(F)F)C(=O)C12. The number of para-hydroxylation sites is 1. The van der Waals surface area contributed by atoms with Gasteiger partial charge in [0.15, 0.2) is 5.71 Å². The van der Waals surface area contributed by atoms with Gasteiger partial charge in [0.25, 0.3) is 5.91 Å². The number of nitrogens with zero attached hydrogens (tertiary/aromatic N) is 2. The Morgan fingerprint density at radius 2 is 1.92 bits per heavy atom. The molecule has 1 aromatic carbocycles. The number of anilines is 1.